The van der Waals surface area contributed by atoms with Crippen LogP contribution in [0.2, 0.25) is 0 Å². The molecule has 4 nitrogen and oxygen atoms in total. The summed E-state index contributed by atoms with van der Waals surface area (Å²) in [6.07, 6.45) is 0. The van der Waals surface area contributed by atoms with Crippen molar-refractivity contribution in [2.45, 2.75) is 11.4 Å². The van der Waals surface area contributed by atoms with Crippen molar-refractivity contribution in [1.29, 1.82) is 0 Å². The fourth-order valence-corrected chi connectivity index (χ4v) is 5.07. The van der Waals surface area contributed by atoms with Gasteiger partial charge in [0.05, 0.1) is 15.9 Å². The van der Waals surface area contributed by atoms with Crippen LogP contribution < -0.4 is 0 Å². The summed E-state index contributed by atoms with van der Waals surface area (Å²) in [5.41, 5.74) is 0.248. The van der Waals surface area contributed by atoms with Crippen LogP contribution in [0.1, 0.15) is 15.2 Å². The molecule has 7 heteroatoms. The zero-order valence-electron chi connectivity index (χ0n) is 9.54. The molecule has 0 saturated carbocycles. The van der Waals surface area contributed by atoms with Gasteiger partial charge in [0.25, 0.3) is 15.9 Å². The lowest BCUT2D eigenvalue weighted by Gasteiger charge is -2.13. The van der Waals surface area contributed by atoms with Gasteiger partial charge in [0.1, 0.15) is 4.90 Å². The lowest BCUT2D eigenvalue weighted by atomic mass is 10.2. The van der Waals surface area contributed by atoms with Gasteiger partial charge >= 0.3 is 0 Å². The van der Waals surface area contributed by atoms with E-state index in [1.54, 1.807) is 24.3 Å². The SMILES string of the molecule is O=C1c2ccccc2S(=O)(=O)N1Cc1ccc(Br)s1. The molecule has 0 bridgehead atoms. The van der Waals surface area contributed by atoms with E-state index in [4.69, 9.17) is 0 Å². The molecule has 1 aromatic carbocycles. The van der Waals surface area contributed by atoms with Gasteiger partial charge in [-0.25, -0.2) is 12.7 Å². The highest BCUT2D eigenvalue weighted by Crippen LogP contribution is 2.33. The van der Waals surface area contributed by atoms with Gasteiger partial charge in [-0.3, -0.25) is 4.79 Å². The first kappa shape index (κ1) is 12.8. The van der Waals surface area contributed by atoms with Gasteiger partial charge < -0.3 is 0 Å². The third-order valence-corrected chi connectivity index (χ3v) is 6.24. The summed E-state index contributed by atoms with van der Waals surface area (Å²) in [6.45, 7) is 0.0755. The Bertz CT molecular complexity index is 767. The highest BCUT2D eigenvalue weighted by molar-refractivity contribution is 9.11. The van der Waals surface area contributed by atoms with E-state index in [0.717, 1.165) is 13.0 Å². The summed E-state index contributed by atoms with van der Waals surface area (Å²) in [7, 11) is -3.71. The summed E-state index contributed by atoms with van der Waals surface area (Å²) in [4.78, 5) is 13.1. The van der Waals surface area contributed by atoms with Gasteiger partial charge in [0, 0.05) is 4.88 Å². The molecule has 2 heterocycles. The average molecular weight is 358 g/mol. The summed E-state index contributed by atoms with van der Waals surface area (Å²) in [6, 6.07) is 9.93. The van der Waals surface area contributed by atoms with Gasteiger partial charge in [0.15, 0.2) is 0 Å². The molecule has 1 aliphatic rings. The lowest BCUT2D eigenvalue weighted by molar-refractivity contribution is 0.0866. The molecule has 98 valence electrons. The zero-order valence-corrected chi connectivity index (χ0v) is 12.8. The number of nitrogens with zero attached hydrogens (tertiary/aromatic N) is 1. The Hall–Kier alpha value is -1.18. The second-order valence-corrected chi connectivity index (χ2v) is 8.40. The molecule has 0 saturated heterocycles. The summed E-state index contributed by atoms with van der Waals surface area (Å²) in [5.74, 6) is -0.458. The number of hydrogen-bond donors (Lipinski definition) is 0. The first-order chi connectivity index (χ1) is 9.00. The van der Waals surface area contributed by atoms with Crippen LogP contribution >= 0.6 is 27.3 Å². The minimum absolute atomic E-state index is 0.0755. The predicted molar refractivity (Wildman–Crippen MR) is 75.5 cm³/mol. The summed E-state index contributed by atoms with van der Waals surface area (Å²) in [5, 5.41) is 0. The van der Waals surface area contributed by atoms with Gasteiger partial charge in [-0.15, -0.1) is 11.3 Å². The monoisotopic (exact) mass is 357 g/mol. The number of carbonyl (C=O) groups excluding carboxylic acids is 1. The first-order valence-electron chi connectivity index (χ1n) is 5.40. The fraction of sp³-hybridized carbons (Fsp3) is 0.0833. The number of thiophene rings is 1. The summed E-state index contributed by atoms with van der Waals surface area (Å²) >= 11 is 4.73. The summed E-state index contributed by atoms with van der Waals surface area (Å²) < 4.78 is 26.4. The second kappa shape index (κ2) is 4.43. The average Bonchev–Trinajstić information content (AvgIpc) is 2.87. The third-order valence-electron chi connectivity index (χ3n) is 2.84. The van der Waals surface area contributed by atoms with E-state index < -0.39 is 15.9 Å². The number of amides is 1. The molecule has 0 radical (unpaired) electrons. The van der Waals surface area contributed by atoms with Gasteiger partial charge in [-0.1, -0.05) is 12.1 Å². The van der Waals surface area contributed by atoms with Crippen LogP contribution in [0, 0.1) is 0 Å². The van der Waals surface area contributed by atoms with Gasteiger partial charge in [0.2, 0.25) is 0 Å². The fourth-order valence-electron chi connectivity index (χ4n) is 1.97. The Labute approximate surface area is 122 Å². The lowest BCUT2D eigenvalue weighted by Crippen LogP contribution is -2.29. The van der Waals surface area contributed by atoms with Crippen LogP contribution in [-0.2, 0) is 16.6 Å². The standard InChI is InChI=1S/C12H8BrNO3S2/c13-11-6-5-8(18-11)7-14-12(15)9-3-1-2-4-10(9)19(14,16)17/h1-6H,7H2. The smallest absolute Gasteiger partial charge is 0.268 e. The van der Waals surface area contributed by atoms with E-state index in [0.29, 0.717) is 0 Å². The topological polar surface area (TPSA) is 54.5 Å². The quantitative estimate of drug-likeness (QED) is 0.830. The Morgan fingerprint density at radius 3 is 2.53 bits per heavy atom. The van der Waals surface area contributed by atoms with Crippen LogP contribution in [0.4, 0.5) is 0 Å². The molecule has 1 aliphatic heterocycles. The van der Waals surface area contributed by atoms with Crippen molar-refractivity contribution >= 4 is 43.2 Å². The molecule has 0 aliphatic carbocycles. The molecule has 0 unspecified atom stereocenters. The minimum Gasteiger partial charge on any atom is -0.268 e. The Balaban J connectivity index is 2.03. The molecule has 3 rings (SSSR count). The number of carbonyl (C=O) groups is 1. The van der Waals surface area contributed by atoms with Crippen molar-refractivity contribution in [3.05, 3.63) is 50.6 Å². The number of hydrogen-bond acceptors (Lipinski definition) is 4. The van der Waals surface area contributed by atoms with E-state index in [1.165, 1.54) is 17.4 Å². The van der Waals surface area contributed by atoms with Crippen LogP contribution in [0.3, 0.4) is 0 Å². The zero-order chi connectivity index (χ0) is 13.6. The molecule has 1 amide bonds. The van der Waals surface area contributed by atoms with Crippen LogP contribution in [0.15, 0.2) is 45.1 Å². The number of benzene rings is 1. The van der Waals surface area contributed by atoms with Crippen molar-refractivity contribution in [3.8, 4) is 0 Å². The molecule has 0 atom stereocenters. The van der Waals surface area contributed by atoms with Crippen LogP contribution in [-0.4, -0.2) is 18.6 Å². The van der Waals surface area contributed by atoms with Gasteiger partial charge in [-0.05, 0) is 40.2 Å². The predicted octanol–water partition coefficient (Wildman–Crippen LogP) is 2.86. The largest absolute Gasteiger partial charge is 0.269 e. The maximum absolute atomic E-state index is 12.3. The number of halogens is 1. The molecule has 19 heavy (non-hydrogen) atoms. The minimum atomic E-state index is -3.71. The molecule has 2 aromatic rings. The van der Waals surface area contributed by atoms with E-state index in [2.05, 4.69) is 15.9 Å². The van der Waals surface area contributed by atoms with Gasteiger partial charge in [-0.2, -0.15) is 0 Å². The number of rotatable bonds is 2. The molecule has 0 N–H and O–H groups in total. The van der Waals surface area contributed by atoms with Crippen molar-refractivity contribution in [3.63, 3.8) is 0 Å². The molecule has 1 aromatic heterocycles. The molecular formula is C12H8BrNO3S2. The molecule has 0 spiro atoms. The van der Waals surface area contributed by atoms with Crippen molar-refractivity contribution in [2.24, 2.45) is 0 Å². The Morgan fingerprint density at radius 1 is 1.16 bits per heavy atom. The van der Waals surface area contributed by atoms with E-state index in [1.807, 2.05) is 6.07 Å². The number of fused-ring (bicyclic) bond motifs is 1. The normalized spacial score (nSPS) is 16.7. The number of sulfonamides is 1. The highest BCUT2D eigenvalue weighted by Gasteiger charge is 2.40. The third kappa shape index (κ3) is 2.01. The van der Waals surface area contributed by atoms with Crippen LogP contribution in [0.25, 0.3) is 0 Å². The molecule has 0 fully saturated rings. The maximum Gasteiger partial charge on any atom is 0.269 e. The Morgan fingerprint density at radius 2 is 1.89 bits per heavy atom. The molecular weight excluding hydrogens is 350 g/mol. The van der Waals surface area contributed by atoms with E-state index in [9.17, 15) is 13.2 Å². The van der Waals surface area contributed by atoms with Crippen molar-refractivity contribution < 1.29 is 13.2 Å². The van der Waals surface area contributed by atoms with Crippen molar-refractivity contribution in [2.75, 3.05) is 0 Å². The second-order valence-electron chi connectivity index (χ2n) is 4.02. The van der Waals surface area contributed by atoms with Crippen LogP contribution in [0.5, 0.6) is 0 Å². The van der Waals surface area contributed by atoms with E-state index in [-0.39, 0.29) is 17.0 Å². The first-order valence-corrected chi connectivity index (χ1v) is 8.45. The van der Waals surface area contributed by atoms with Crippen molar-refractivity contribution in [1.82, 2.24) is 4.31 Å². The maximum atomic E-state index is 12.3. The Kier molecular flexibility index (Phi) is 2.99. The van der Waals surface area contributed by atoms with E-state index >= 15 is 0 Å². The highest BCUT2D eigenvalue weighted by atomic mass is 79.9.